The maximum Gasteiger partial charge on any atom is 0.255 e. The number of aromatic amines is 1. The van der Waals surface area contributed by atoms with Crippen LogP contribution in [0.5, 0.6) is 5.75 Å². The highest BCUT2D eigenvalue weighted by Crippen LogP contribution is 2.25. The van der Waals surface area contributed by atoms with Crippen LogP contribution >= 0.6 is 0 Å². The highest BCUT2D eigenvalue weighted by molar-refractivity contribution is 5.99. The molecule has 4 N–H and O–H groups in total. The van der Waals surface area contributed by atoms with E-state index in [2.05, 4.69) is 27.5 Å². The molecule has 0 aliphatic carbocycles. The molecule has 1 aliphatic rings. The van der Waals surface area contributed by atoms with Gasteiger partial charge >= 0.3 is 0 Å². The van der Waals surface area contributed by atoms with Gasteiger partial charge in [0.25, 0.3) is 5.91 Å². The van der Waals surface area contributed by atoms with Gasteiger partial charge in [0.1, 0.15) is 5.75 Å². The molecule has 0 unspecified atom stereocenters. The van der Waals surface area contributed by atoms with Crippen molar-refractivity contribution in [2.24, 2.45) is 0 Å². The number of anilines is 1. The van der Waals surface area contributed by atoms with Gasteiger partial charge in [0.05, 0.1) is 30.7 Å². The first-order valence-corrected chi connectivity index (χ1v) is 12.6. The number of carbonyl (C=O) groups excluding carboxylic acids is 2. The lowest BCUT2D eigenvalue weighted by molar-refractivity contribution is -0.115. The second-order valence-electron chi connectivity index (χ2n) is 9.64. The normalized spacial score (nSPS) is 13.0. The van der Waals surface area contributed by atoms with Gasteiger partial charge in [0.2, 0.25) is 5.91 Å². The predicted molar refractivity (Wildman–Crippen MR) is 147 cm³/mol. The molecule has 1 aromatic heterocycles. The third-order valence-electron chi connectivity index (χ3n) is 6.37. The van der Waals surface area contributed by atoms with Crippen LogP contribution in [0, 0.1) is 11.8 Å². The Bertz CT molecular complexity index is 1580. The average Bonchev–Trinajstić information content (AvgIpc) is 3.49. The lowest BCUT2D eigenvalue weighted by Crippen LogP contribution is -2.39. The zero-order chi connectivity index (χ0) is 26.6. The first-order chi connectivity index (χ1) is 18.4. The van der Waals surface area contributed by atoms with E-state index in [1.165, 1.54) is 0 Å². The van der Waals surface area contributed by atoms with Crippen LogP contribution in [0.1, 0.15) is 46.5 Å². The molecule has 7 nitrogen and oxygen atoms in total. The number of hydrogen-bond acceptors (Lipinski definition) is 4. The van der Waals surface area contributed by atoms with Gasteiger partial charge in [0.15, 0.2) is 0 Å². The van der Waals surface area contributed by atoms with Gasteiger partial charge in [-0.3, -0.25) is 9.59 Å². The van der Waals surface area contributed by atoms with Crippen molar-refractivity contribution in [2.75, 3.05) is 11.9 Å². The molecular formula is C31H29N3O4. The molecule has 2 heterocycles. The van der Waals surface area contributed by atoms with Gasteiger partial charge in [-0.15, -0.1) is 0 Å². The molecule has 5 rings (SSSR count). The third-order valence-corrected chi connectivity index (χ3v) is 6.37. The summed E-state index contributed by atoms with van der Waals surface area (Å²) in [6, 6.07) is 18.4. The molecule has 2 amide bonds. The van der Waals surface area contributed by atoms with Crippen molar-refractivity contribution in [3.05, 3.63) is 94.7 Å². The number of aliphatic hydroxyl groups is 1. The van der Waals surface area contributed by atoms with Crippen molar-refractivity contribution in [3.8, 4) is 17.6 Å². The summed E-state index contributed by atoms with van der Waals surface area (Å²) in [5, 5.41) is 16.9. The molecule has 38 heavy (non-hydrogen) atoms. The summed E-state index contributed by atoms with van der Waals surface area (Å²) in [6.45, 7) is 3.59. The first kappa shape index (κ1) is 25.1. The van der Waals surface area contributed by atoms with Gasteiger partial charge < -0.3 is 25.5 Å². The van der Waals surface area contributed by atoms with E-state index < -0.39 is 6.04 Å². The zero-order valence-corrected chi connectivity index (χ0v) is 21.3. The fourth-order valence-corrected chi connectivity index (χ4v) is 4.57. The number of aliphatic hydroxyl groups excluding tert-OH is 1. The third kappa shape index (κ3) is 5.56. The Kier molecular flexibility index (Phi) is 7.16. The summed E-state index contributed by atoms with van der Waals surface area (Å²) in [6.07, 6.45) is 2.64. The molecule has 3 aromatic carbocycles. The van der Waals surface area contributed by atoms with Gasteiger partial charge in [-0.2, -0.15) is 0 Å². The average molecular weight is 508 g/mol. The van der Waals surface area contributed by atoms with E-state index in [4.69, 9.17) is 4.74 Å². The molecule has 1 atom stereocenters. The van der Waals surface area contributed by atoms with Crippen LogP contribution in [0.3, 0.4) is 0 Å². The van der Waals surface area contributed by atoms with E-state index in [0.29, 0.717) is 29.7 Å². The summed E-state index contributed by atoms with van der Waals surface area (Å²) >= 11 is 0. The van der Waals surface area contributed by atoms with Crippen LogP contribution in [0.4, 0.5) is 5.69 Å². The highest BCUT2D eigenvalue weighted by atomic mass is 16.5. The first-order valence-electron chi connectivity index (χ1n) is 12.6. The summed E-state index contributed by atoms with van der Waals surface area (Å²) in [4.78, 5) is 28.3. The number of aromatic nitrogens is 1. The number of amides is 2. The second-order valence-corrected chi connectivity index (χ2v) is 9.64. The van der Waals surface area contributed by atoms with Gasteiger partial charge in [0, 0.05) is 33.9 Å². The number of hydrogen-bond donors (Lipinski definition) is 4. The van der Waals surface area contributed by atoms with Crippen LogP contribution < -0.4 is 15.4 Å². The van der Waals surface area contributed by atoms with Crippen molar-refractivity contribution in [2.45, 2.75) is 38.8 Å². The number of carbonyl (C=O) groups is 2. The molecule has 0 saturated carbocycles. The van der Waals surface area contributed by atoms with Crippen LogP contribution in [0.25, 0.3) is 10.9 Å². The molecular weight excluding hydrogens is 478 g/mol. The maximum absolute atomic E-state index is 13.4. The summed E-state index contributed by atoms with van der Waals surface area (Å²) in [5.74, 6) is 6.31. The molecule has 0 spiro atoms. The molecule has 1 aliphatic heterocycles. The summed E-state index contributed by atoms with van der Waals surface area (Å²) in [7, 11) is 0. The fourth-order valence-electron chi connectivity index (χ4n) is 4.57. The molecule has 0 radical (unpaired) electrons. The van der Waals surface area contributed by atoms with E-state index in [1.807, 2.05) is 68.6 Å². The number of H-pyrrole nitrogens is 1. The van der Waals surface area contributed by atoms with Crippen molar-refractivity contribution >= 4 is 28.4 Å². The van der Waals surface area contributed by atoms with Crippen molar-refractivity contribution in [1.82, 2.24) is 10.3 Å². The van der Waals surface area contributed by atoms with Crippen molar-refractivity contribution in [3.63, 3.8) is 0 Å². The Balaban J connectivity index is 1.37. The maximum atomic E-state index is 13.4. The number of para-hydroxylation sites is 1. The molecule has 7 heteroatoms. The Labute approximate surface area is 221 Å². The van der Waals surface area contributed by atoms with Crippen molar-refractivity contribution in [1.29, 1.82) is 0 Å². The number of rotatable bonds is 7. The lowest BCUT2D eigenvalue weighted by atomic mass is 10.0. The summed E-state index contributed by atoms with van der Waals surface area (Å²) < 4.78 is 5.91. The Morgan fingerprint density at radius 1 is 1.08 bits per heavy atom. The lowest BCUT2D eigenvalue weighted by Gasteiger charge is -2.19. The number of nitrogens with one attached hydrogen (secondary N) is 3. The largest absolute Gasteiger partial charge is 0.490 e. The van der Waals surface area contributed by atoms with E-state index in [9.17, 15) is 14.7 Å². The Morgan fingerprint density at radius 2 is 1.84 bits per heavy atom. The molecule has 4 aromatic rings. The monoisotopic (exact) mass is 507 g/mol. The van der Waals surface area contributed by atoms with Crippen LogP contribution in [-0.4, -0.2) is 40.7 Å². The van der Waals surface area contributed by atoms with Crippen molar-refractivity contribution < 1.29 is 19.4 Å². The zero-order valence-electron chi connectivity index (χ0n) is 21.3. The summed E-state index contributed by atoms with van der Waals surface area (Å²) in [5.41, 5.74) is 5.53. The van der Waals surface area contributed by atoms with Gasteiger partial charge in [-0.05, 0) is 67.8 Å². The van der Waals surface area contributed by atoms with E-state index in [0.717, 1.165) is 33.3 Å². The minimum Gasteiger partial charge on any atom is -0.490 e. The second kappa shape index (κ2) is 10.8. The van der Waals surface area contributed by atoms with E-state index >= 15 is 0 Å². The molecule has 0 saturated heterocycles. The predicted octanol–water partition coefficient (Wildman–Crippen LogP) is 4.18. The minimum absolute atomic E-state index is 0.0209. The Hall–Kier alpha value is -4.54. The van der Waals surface area contributed by atoms with Gasteiger partial charge in [-0.25, -0.2) is 0 Å². The highest BCUT2D eigenvalue weighted by Gasteiger charge is 2.20. The van der Waals surface area contributed by atoms with Gasteiger partial charge in [-0.1, -0.05) is 36.1 Å². The smallest absolute Gasteiger partial charge is 0.255 e. The number of ether oxygens (including phenoxy) is 1. The number of fused-ring (bicyclic) bond motifs is 2. The minimum atomic E-state index is -0.482. The van der Waals surface area contributed by atoms with E-state index in [-0.39, 0.29) is 24.5 Å². The van der Waals surface area contributed by atoms with E-state index in [1.54, 1.807) is 12.1 Å². The van der Waals surface area contributed by atoms with Crippen LogP contribution in [0.2, 0.25) is 0 Å². The van der Waals surface area contributed by atoms with Crippen LogP contribution in [-0.2, 0) is 17.6 Å². The molecule has 0 fully saturated rings. The molecule has 192 valence electrons. The fraction of sp³-hybridized carbons (Fsp3) is 0.226. The molecule has 0 bridgehead atoms. The standard InChI is InChI=1S/C31H29N3O4/c1-19(2)38-29-12-10-20(7-8-21-9-11-22-16-30(36)34-28(22)14-21)13-26(29)31(37)33-24(18-35)15-23-17-32-27-6-4-3-5-25(23)27/h3-6,9-14,17,19,24,32,35H,15-16,18H2,1-2H3,(H,33,37)(H,34,36)/t24-/m1/s1. The Morgan fingerprint density at radius 3 is 2.63 bits per heavy atom. The SMILES string of the molecule is CC(C)Oc1ccc(C#Cc2ccc3c(c2)NC(=O)C3)cc1C(=O)N[C@@H](CO)Cc1c[nH]c2ccccc12. The van der Waals surface area contributed by atoms with Crippen LogP contribution in [0.15, 0.2) is 66.9 Å². The quantitative estimate of drug-likeness (QED) is 0.282. The topological polar surface area (TPSA) is 103 Å². The number of benzene rings is 3.